The van der Waals surface area contributed by atoms with E-state index in [-0.39, 0.29) is 5.56 Å². The lowest BCUT2D eigenvalue weighted by molar-refractivity contribution is 1.02. The van der Waals surface area contributed by atoms with E-state index in [0.717, 1.165) is 5.39 Å². The van der Waals surface area contributed by atoms with Gasteiger partial charge in [0.1, 0.15) is 5.69 Å². The highest BCUT2D eigenvalue weighted by atomic mass is 35.5. The van der Waals surface area contributed by atoms with Gasteiger partial charge in [0.2, 0.25) is 0 Å². The van der Waals surface area contributed by atoms with Crippen molar-refractivity contribution in [2.75, 3.05) is 5.73 Å². The molecule has 4 nitrogen and oxygen atoms in total. The molecule has 0 amide bonds. The summed E-state index contributed by atoms with van der Waals surface area (Å²) in [6.07, 6.45) is 0. The average Bonchev–Trinajstić information content (AvgIpc) is 2.43. The zero-order chi connectivity index (χ0) is 13.4. The van der Waals surface area contributed by atoms with E-state index in [0.29, 0.717) is 27.4 Å². The van der Waals surface area contributed by atoms with Crippen molar-refractivity contribution in [1.29, 1.82) is 0 Å². The summed E-state index contributed by atoms with van der Waals surface area (Å²) in [5.74, 6) is 0. The Morgan fingerprint density at radius 3 is 2.63 bits per heavy atom. The Morgan fingerprint density at radius 1 is 1.11 bits per heavy atom. The van der Waals surface area contributed by atoms with Crippen molar-refractivity contribution in [2.45, 2.75) is 0 Å². The molecule has 0 radical (unpaired) electrons. The van der Waals surface area contributed by atoms with Crippen molar-refractivity contribution < 1.29 is 0 Å². The number of nitrogens with two attached hydrogens (primary N) is 1. The molecule has 1 heterocycles. The van der Waals surface area contributed by atoms with Crippen LogP contribution in [0.2, 0.25) is 5.02 Å². The maximum atomic E-state index is 11.7. The lowest BCUT2D eigenvalue weighted by Crippen LogP contribution is -2.09. The standard InChI is InChI=1S/C14H10ClN3O/c15-8-5-6-12(16)11(7-8)13-9-3-1-2-4-10(9)14(19)18-17-13/h1-7H,16H2,(H,18,19). The molecule has 0 bridgehead atoms. The zero-order valence-electron chi connectivity index (χ0n) is 9.85. The number of rotatable bonds is 1. The molecule has 2 aromatic carbocycles. The van der Waals surface area contributed by atoms with Gasteiger partial charge in [-0.15, -0.1) is 0 Å². The van der Waals surface area contributed by atoms with Gasteiger partial charge >= 0.3 is 0 Å². The highest BCUT2D eigenvalue weighted by Crippen LogP contribution is 2.30. The topological polar surface area (TPSA) is 71.8 Å². The second-order valence-corrected chi connectivity index (χ2v) is 4.61. The Balaban J connectivity index is 2.41. The summed E-state index contributed by atoms with van der Waals surface area (Å²) in [6.45, 7) is 0. The van der Waals surface area contributed by atoms with Crippen LogP contribution in [0.15, 0.2) is 47.3 Å². The predicted octanol–water partition coefficient (Wildman–Crippen LogP) is 2.83. The third kappa shape index (κ3) is 1.96. The lowest BCUT2D eigenvalue weighted by atomic mass is 10.0. The maximum absolute atomic E-state index is 11.7. The third-order valence-corrected chi connectivity index (χ3v) is 3.20. The number of hydrogen-bond donors (Lipinski definition) is 2. The fraction of sp³-hybridized carbons (Fsp3) is 0. The first kappa shape index (κ1) is 11.7. The first-order chi connectivity index (χ1) is 9.16. The number of benzene rings is 2. The molecule has 19 heavy (non-hydrogen) atoms. The molecule has 0 spiro atoms. The third-order valence-electron chi connectivity index (χ3n) is 2.97. The number of H-pyrrole nitrogens is 1. The van der Waals surface area contributed by atoms with Crippen LogP contribution in [0.1, 0.15) is 0 Å². The van der Waals surface area contributed by atoms with Gasteiger partial charge in [-0.2, -0.15) is 5.10 Å². The molecule has 0 aliphatic heterocycles. The second kappa shape index (κ2) is 4.40. The molecule has 0 aliphatic rings. The first-order valence-electron chi connectivity index (χ1n) is 5.69. The van der Waals surface area contributed by atoms with Crippen LogP contribution in [0.5, 0.6) is 0 Å². The normalized spacial score (nSPS) is 10.8. The van der Waals surface area contributed by atoms with Gasteiger partial charge in [-0.1, -0.05) is 29.8 Å². The average molecular weight is 272 g/mol. The molecule has 0 atom stereocenters. The molecule has 3 N–H and O–H groups in total. The summed E-state index contributed by atoms with van der Waals surface area (Å²) in [4.78, 5) is 11.7. The maximum Gasteiger partial charge on any atom is 0.272 e. The number of nitrogens with zero attached hydrogens (tertiary/aromatic N) is 1. The highest BCUT2D eigenvalue weighted by molar-refractivity contribution is 6.31. The fourth-order valence-electron chi connectivity index (χ4n) is 2.05. The Kier molecular flexibility index (Phi) is 2.72. The minimum atomic E-state index is -0.222. The lowest BCUT2D eigenvalue weighted by Gasteiger charge is -2.08. The van der Waals surface area contributed by atoms with E-state index in [1.807, 2.05) is 18.2 Å². The van der Waals surface area contributed by atoms with Crippen LogP contribution >= 0.6 is 11.6 Å². The summed E-state index contributed by atoms with van der Waals surface area (Å²) >= 11 is 5.99. The minimum absolute atomic E-state index is 0.222. The molecule has 0 unspecified atom stereocenters. The first-order valence-corrected chi connectivity index (χ1v) is 6.07. The van der Waals surface area contributed by atoms with Crippen LogP contribution in [0.3, 0.4) is 0 Å². The molecule has 1 aromatic heterocycles. The second-order valence-electron chi connectivity index (χ2n) is 4.18. The van der Waals surface area contributed by atoms with E-state index < -0.39 is 0 Å². The number of fused-ring (bicyclic) bond motifs is 1. The van der Waals surface area contributed by atoms with Crippen molar-refractivity contribution >= 4 is 28.1 Å². The zero-order valence-corrected chi connectivity index (χ0v) is 10.6. The summed E-state index contributed by atoms with van der Waals surface area (Å²) in [7, 11) is 0. The Labute approximate surface area is 113 Å². The van der Waals surface area contributed by atoms with Gasteiger partial charge in [-0.3, -0.25) is 4.79 Å². The van der Waals surface area contributed by atoms with Crippen LogP contribution < -0.4 is 11.3 Å². The van der Waals surface area contributed by atoms with Crippen LogP contribution in [0.4, 0.5) is 5.69 Å². The van der Waals surface area contributed by atoms with Crippen molar-refractivity contribution in [3.05, 3.63) is 57.8 Å². The molecule has 3 rings (SSSR count). The van der Waals surface area contributed by atoms with E-state index in [1.165, 1.54) is 0 Å². The number of halogens is 1. The number of hydrogen-bond acceptors (Lipinski definition) is 3. The molecular formula is C14H10ClN3O. The van der Waals surface area contributed by atoms with Gasteiger partial charge in [0.25, 0.3) is 5.56 Å². The van der Waals surface area contributed by atoms with Gasteiger partial charge in [0, 0.05) is 21.7 Å². The van der Waals surface area contributed by atoms with Crippen molar-refractivity contribution in [3.63, 3.8) is 0 Å². The molecule has 5 heteroatoms. The summed E-state index contributed by atoms with van der Waals surface area (Å²) in [6, 6.07) is 12.4. The van der Waals surface area contributed by atoms with E-state index in [2.05, 4.69) is 10.2 Å². The summed E-state index contributed by atoms with van der Waals surface area (Å²) in [5.41, 5.74) is 7.63. The monoisotopic (exact) mass is 271 g/mol. The van der Waals surface area contributed by atoms with Gasteiger partial charge in [-0.25, -0.2) is 5.10 Å². The van der Waals surface area contributed by atoms with Crippen molar-refractivity contribution in [1.82, 2.24) is 10.2 Å². The molecule has 0 aliphatic carbocycles. The van der Waals surface area contributed by atoms with E-state index in [4.69, 9.17) is 17.3 Å². The molecule has 0 saturated carbocycles. The minimum Gasteiger partial charge on any atom is -0.398 e. The van der Waals surface area contributed by atoms with Crippen LogP contribution in [-0.4, -0.2) is 10.2 Å². The Hall–Kier alpha value is -2.33. The van der Waals surface area contributed by atoms with Gasteiger partial charge in [0.05, 0.1) is 5.39 Å². The molecule has 0 saturated heterocycles. The number of anilines is 1. The van der Waals surface area contributed by atoms with Crippen molar-refractivity contribution in [3.8, 4) is 11.3 Å². The van der Waals surface area contributed by atoms with Gasteiger partial charge in [0.15, 0.2) is 0 Å². The van der Waals surface area contributed by atoms with E-state index in [9.17, 15) is 4.79 Å². The predicted molar refractivity (Wildman–Crippen MR) is 77.2 cm³/mol. The molecule has 0 fully saturated rings. The number of nitrogens with one attached hydrogen (secondary N) is 1. The Bertz CT molecular complexity index is 826. The quantitative estimate of drug-likeness (QED) is 0.669. The fourth-order valence-corrected chi connectivity index (χ4v) is 2.23. The summed E-state index contributed by atoms with van der Waals surface area (Å²) in [5, 5.41) is 8.48. The molecule has 94 valence electrons. The smallest absolute Gasteiger partial charge is 0.272 e. The van der Waals surface area contributed by atoms with Gasteiger partial charge in [-0.05, 0) is 24.3 Å². The number of aromatic amines is 1. The van der Waals surface area contributed by atoms with Crippen molar-refractivity contribution in [2.24, 2.45) is 0 Å². The Morgan fingerprint density at radius 2 is 1.84 bits per heavy atom. The van der Waals surface area contributed by atoms with E-state index >= 15 is 0 Å². The van der Waals surface area contributed by atoms with Crippen LogP contribution in [-0.2, 0) is 0 Å². The number of nitrogen functional groups attached to an aromatic ring is 1. The molecule has 3 aromatic rings. The van der Waals surface area contributed by atoms with Gasteiger partial charge < -0.3 is 5.73 Å². The largest absolute Gasteiger partial charge is 0.398 e. The van der Waals surface area contributed by atoms with Crippen LogP contribution in [0.25, 0.3) is 22.0 Å². The molecular weight excluding hydrogens is 262 g/mol. The highest BCUT2D eigenvalue weighted by Gasteiger charge is 2.11. The summed E-state index contributed by atoms with van der Waals surface area (Å²) < 4.78 is 0. The van der Waals surface area contributed by atoms with Crippen LogP contribution in [0, 0.1) is 0 Å². The number of aromatic nitrogens is 2. The SMILES string of the molecule is Nc1ccc(Cl)cc1-c1n[nH]c(=O)c2ccccc12. The van der Waals surface area contributed by atoms with E-state index in [1.54, 1.807) is 24.3 Å².